The molecule has 0 aliphatic rings. The van der Waals surface area contributed by atoms with Crippen LogP contribution in [0.5, 0.6) is 5.75 Å². The summed E-state index contributed by atoms with van der Waals surface area (Å²) in [4.78, 5) is 0. The Labute approximate surface area is 149 Å². The number of nitrogens with zero attached hydrogens (tertiary/aromatic N) is 1. The van der Waals surface area contributed by atoms with Crippen LogP contribution in [0.25, 0.3) is 11.3 Å². The Bertz CT molecular complexity index is 640. The van der Waals surface area contributed by atoms with Gasteiger partial charge in [-0.2, -0.15) is 0 Å². The predicted molar refractivity (Wildman–Crippen MR) is 89.4 cm³/mol. The van der Waals surface area contributed by atoms with E-state index in [4.69, 9.17) is 55.7 Å². The number of hydrogen-bond acceptors (Lipinski definition) is 3. The van der Waals surface area contributed by atoms with E-state index in [-0.39, 0.29) is 4.49 Å². The Hall–Kier alpha value is -0.390. The van der Waals surface area contributed by atoms with Gasteiger partial charge in [0.1, 0.15) is 22.2 Å². The molecule has 0 radical (unpaired) electrons. The van der Waals surface area contributed by atoms with Crippen molar-refractivity contribution in [1.29, 1.82) is 0 Å². The van der Waals surface area contributed by atoms with E-state index in [9.17, 15) is 0 Å². The summed E-state index contributed by atoms with van der Waals surface area (Å²) in [5.74, 6) is 0.445. The number of benzene rings is 1. The Balaban J connectivity index is 2.36. The third-order valence-corrected chi connectivity index (χ3v) is 3.62. The quantitative estimate of drug-likeness (QED) is 0.539. The van der Waals surface area contributed by atoms with E-state index in [0.717, 1.165) is 11.1 Å². The first-order valence-corrected chi connectivity index (χ1v) is 8.24. The molecular formula is C13H8BrCl4NO2. The van der Waals surface area contributed by atoms with Gasteiger partial charge in [-0.05, 0) is 23.8 Å². The van der Waals surface area contributed by atoms with Gasteiger partial charge in [-0.15, -0.1) is 0 Å². The molecule has 0 spiro atoms. The van der Waals surface area contributed by atoms with Crippen LogP contribution in [0.15, 0.2) is 45.6 Å². The molecule has 1 aromatic carbocycles. The minimum absolute atomic E-state index is 0.0895. The van der Waals surface area contributed by atoms with Gasteiger partial charge in [-0.3, -0.25) is 0 Å². The Morgan fingerprint density at radius 1 is 1.33 bits per heavy atom. The number of hydrogen-bond donors (Lipinski definition) is 0. The Kier molecular flexibility index (Phi) is 5.86. The fourth-order valence-electron chi connectivity index (χ4n) is 1.62. The molecule has 0 amide bonds. The first-order valence-electron chi connectivity index (χ1n) is 5.61. The van der Waals surface area contributed by atoms with Crippen LogP contribution < -0.4 is 4.74 Å². The van der Waals surface area contributed by atoms with Gasteiger partial charge in [0.15, 0.2) is 0 Å². The molecule has 0 bridgehead atoms. The van der Waals surface area contributed by atoms with Gasteiger partial charge >= 0.3 is 0 Å². The maximum absolute atomic E-state index is 5.99. The van der Waals surface area contributed by atoms with E-state index in [1.807, 2.05) is 6.07 Å². The van der Waals surface area contributed by atoms with Crippen molar-refractivity contribution in [2.75, 3.05) is 0 Å². The molecule has 0 aliphatic heterocycles. The van der Waals surface area contributed by atoms with Crippen molar-refractivity contribution in [3.05, 3.63) is 46.7 Å². The van der Waals surface area contributed by atoms with Crippen LogP contribution in [0.1, 0.15) is 5.56 Å². The first kappa shape index (κ1) is 17.0. The zero-order chi connectivity index (χ0) is 15.5. The lowest BCUT2D eigenvalue weighted by Gasteiger charge is -2.18. The largest absolute Gasteiger partial charge is 0.454 e. The summed E-state index contributed by atoms with van der Waals surface area (Å²) < 4.78 is 8.57. The highest BCUT2D eigenvalue weighted by molar-refractivity contribution is 9.08. The molecule has 2 aromatic rings. The van der Waals surface area contributed by atoms with Gasteiger partial charge in [0, 0.05) is 23.0 Å². The number of ether oxygens (including phenoxy) is 1. The highest BCUT2D eigenvalue weighted by Gasteiger charge is 2.24. The molecule has 3 nitrogen and oxygen atoms in total. The van der Waals surface area contributed by atoms with E-state index in [1.54, 1.807) is 18.2 Å². The molecule has 8 heteroatoms. The number of rotatable bonds is 5. The van der Waals surface area contributed by atoms with Crippen LogP contribution in [0.3, 0.4) is 0 Å². The van der Waals surface area contributed by atoms with Gasteiger partial charge < -0.3 is 9.26 Å². The lowest BCUT2D eigenvalue weighted by Crippen LogP contribution is -2.18. The summed E-state index contributed by atoms with van der Waals surface area (Å²) in [6.45, 7) is 0. The lowest BCUT2D eigenvalue weighted by molar-refractivity contribution is 0.289. The second-order valence-electron chi connectivity index (χ2n) is 3.98. The van der Waals surface area contributed by atoms with E-state index in [0.29, 0.717) is 16.8 Å². The normalized spacial score (nSPS) is 11.3. The van der Waals surface area contributed by atoms with Crippen LogP contribution >= 0.6 is 62.3 Å². The molecule has 0 atom stereocenters. The minimum atomic E-state index is -1.68. The van der Waals surface area contributed by atoms with Gasteiger partial charge in [-0.1, -0.05) is 67.5 Å². The average Bonchev–Trinajstić information content (AvgIpc) is 2.89. The van der Waals surface area contributed by atoms with E-state index in [1.165, 1.54) is 12.3 Å². The van der Waals surface area contributed by atoms with Crippen LogP contribution in [-0.2, 0) is 5.33 Å². The number of halogens is 5. The Morgan fingerprint density at radius 3 is 2.67 bits per heavy atom. The van der Waals surface area contributed by atoms with Gasteiger partial charge in [0.05, 0.1) is 0 Å². The van der Waals surface area contributed by atoms with Crippen molar-refractivity contribution in [2.24, 2.45) is 0 Å². The number of alkyl halides is 3. The van der Waals surface area contributed by atoms with Crippen LogP contribution in [-0.4, -0.2) is 9.68 Å². The summed E-state index contributed by atoms with van der Waals surface area (Å²) in [7, 11) is 0. The molecule has 0 fully saturated rings. The van der Waals surface area contributed by atoms with Gasteiger partial charge in [-0.25, -0.2) is 0 Å². The van der Waals surface area contributed by atoms with E-state index >= 15 is 0 Å². The summed E-state index contributed by atoms with van der Waals surface area (Å²) in [5.41, 5.74) is 2.43. The second kappa shape index (κ2) is 7.25. The molecule has 112 valence electrons. The van der Waals surface area contributed by atoms with Crippen LogP contribution in [0.2, 0.25) is 0 Å². The molecule has 0 saturated carbocycles. The summed E-state index contributed by atoms with van der Waals surface area (Å²) in [6, 6.07) is 7.20. The molecule has 0 aliphatic carbocycles. The third kappa shape index (κ3) is 5.08. The van der Waals surface area contributed by atoms with Gasteiger partial charge in [0.2, 0.25) is 0 Å². The minimum Gasteiger partial charge on any atom is -0.454 e. The van der Waals surface area contributed by atoms with Crippen molar-refractivity contribution in [2.45, 2.75) is 9.85 Å². The highest BCUT2D eigenvalue weighted by atomic mass is 79.9. The molecule has 0 N–H and O–H groups in total. The number of aromatic nitrogens is 1. The van der Waals surface area contributed by atoms with Crippen LogP contribution in [0, 0.1) is 0 Å². The molecular weight excluding hydrogens is 424 g/mol. The maximum Gasteiger partial charge on any atom is 0.280 e. The van der Waals surface area contributed by atoms with E-state index in [2.05, 4.69) is 21.1 Å². The second-order valence-corrected chi connectivity index (χ2v) is 6.87. The van der Waals surface area contributed by atoms with Crippen molar-refractivity contribution < 1.29 is 9.26 Å². The zero-order valence-electron chi connectivity index (χ0n) is 10.3. The lowest BCUT2D eigenvalue weighted by atomic mass is 10.1. The fraction of sp³-hybridized carbons (Fsp3) is 0.154. The van der Waals surface area contributed by atoms with Crippen molar-refractivity contribution in [3.63, 3.8) is 0 Å². The molecule has 1 heterocycles. The fourth-order valence-corrected chi connectivity index (χ4v) is 2.87. The molecule has 21 heavy (non-hydrogen) atoms. The molecule has 0 unspecified atom stereocenters. The summed E-state index contributed by atoms with van der Waals surface area (Å²) >= 11 is 26.5. The molecule has 2 rings (SSSR count). The first-order chi connectivity index (χ1) is 9.89. The topological polar surface area (TPSA) is 35.3 Å². The zero-order valence-corrected chi connectivity index (χ0v) is 14.9. The summed E-state index contributed by atoms with van der Waals surface area (Å²) in [5, 5.41) is 4.51. The summed E-state index contributed by atoms with van der Waals surface area (Å²) in [6.07, 6.45) is 2.66. The van der Waals surface area contributed by atoms with Crippen molar-refractivity contribution >= 4 is 62.3 Å². The average molecular weight is 432 g/mol. The monoisotopic (exact) mass is 429 g/mol. The molecule has 0 saturated heterocycles. The van der Waals surface area contributed by atoms with Gasteiger partial charge in [0.25, 0.3) is 4.52 Å². The van der Waals surface area contributed by atoms with E-state index < -0.39 is 4.52 Å². The standard InChI is InChI=1S/C13H8BrCl4NO2/c14-7-8-3-9(11-1-2-20-19-11)5-10(4-8)21-13(17,18)6-12(15)16/h1-6H,7H2. The van der Waals surface area contributed by atoms with Crippen LogP contribution in [0.4, 0.5) is 0 Å². The molecule has 1 aromatic heterocycles. The van der Waals surface area contributed by atoms with Crippen molar-refractivity contribution in [3.8, 4) is 17.0 Å². The Morgan fingerprint density at radius 2 is 2.10 bits per heavy atom. The highest BCUT2D eigenvalue weighted by Crippen LogP contribution is 2.33. The maximum atomic E-state index is 5.99. The predicted octanol–water partition coefficient (Wildman–Crippen LogP) is 6.07. The third-order valence-electron chi connectivity index (χ3n) is 2.39. The SMILES string of the molecule is ClC(Cl)=CC(Cl)(Cl)Oc1cc(CBr)cc(-c2ccon2)c1. The smallest absolute Gasteiger partial charge is 0.280 e. The van der Waals surface area contributed by atoms with Crippen molar-refractivity contribution in [1.82, 2.24) is 5.16 Å².